The molecular weight excluding hydrogens is 142 g/mol. The molecule has 2 saturated heterocycles. The summed E-state index contributed by atoms with van der Waals surface area (Å²) < 4.78 is 0. The highest BCUT2D eigenvalue weighted by Gasteiger charge is 2.39. The first-order valence-electron chi connectivity index (χ1n) is 4.03. The summed E-state index contributed by atoms with van der Waals surface area (Å²) in [6.45, 7) is 3.52. The lowest BCUT2D eigenvalue weighted by atomic mass is 9.88. The highest BCUT2D eigenvalue weighted by Crippen LogP contribution is 2.16. The quantitative estimate of drug-likeness (QED) is 0.396. The van der Waals surface area contributed by atoms with Gasteiger partial charge in [0.1, 0.15) is 0 Å². The molecule has 0 bridgehead atoms. The average molecular weight is 155 g/mol. The number of carbonyl (C=O) groups excluding carboxylic acids is 1. The van der Waals surface area contributed by atoms with Crippen LogP contribution in [0.1, 0.15) is 6.42 Å². The van der Waals surface area contributed by atoms with E-state index in [0.717, 1.165) is 26.2 Å². The van der Waals surface area contributed by atoms with E-state index in [-0.39, 0.29) is 11.4 Å². The van der Waals surface area contributed by atoms with Gasteiger partial charge >= 0.3 is 0 Å². The first-order valence-corrected chi connectivity index (χ1v) is 4.03. The lowest BCUT2D eigenvalue weighted by molar-refractivity contribution is -0.122. The van der Waals surface area contributed by atoms with Gasteiger partial charge in [-0.3, -0.25) is 4.79 Å². The summed E-state index contributed by atoms with van der Waals surface area (Å²) in [4.78, 5) is 11.1. The minimum atomic E-state index is 0.0839. The lowest BCUT2D eigenvalue weighted by Gasteiger charge is -2.41. The monoisotopic (exact) mass is 155 g/mol. The number of nitrogens with one attached hydrogen (secondary N) is 3. The van der Waals surface area contributed by atoms with Crippen molar-refractivity contribution in [3.8, 4) is 0 Å². The van der Waals surface area contributed by atoms with Gasteiger partial charge in [0.2, 0.25) is 5.91 Å². The number of hydrogen-bond donors (Lipinski definition) is 3. The fourth-order valence-corrected chi connectivity index (χ4v) is 1.64. The zero-order valence-corrected chi connectivity index (χ0v) is 6.44. The van der Waals surface area contributed by atoms with E-state index in [1.165, 1.54) is 0 Å². The highest BCUT2D eigenvalue weighted by atomic mass is 16.1. The maximum absolute atomic E-state index is 11.1. The van der Waals surface area contributed by atoms with Crippen molar-refractivity contribution in [2.45, 2.75) is 12.0 Å². The molecule has 0 aliphatic carbocycles. The summed E-state index contributed by atoms with van der Waals surface area (Å²) in [5, 5.41) is 9.40. The van der Waals surface area contributed by atoms with Gasteiger partial charge in [0, 0.05) is 32.6 Å². The molecule has 4 nitrogen and oxygen atoms in total. The topological polar surface area (TPSA) is 53.2 Å². The number of amides is 1. The van der Waals surface area contributed by atoms with Gasteiger partial charge in [0.15, 0.2) is 0 Å². The smallest absolute Gasteiger partial charge is 0.222 e. The molecule has 0 aromatic carbocycles. The van der Waals surface area contributed by atoms with Crippen molar-refractivity contribution in [2.24, 2.45) is 0 Å². The Labute approximate surface area is 65.7 Å². The number of carbonyl (C=O) groups is 1. The van der Waals surface area contributed by atoms with Gasteiger partial charge in [0.25, 0.3) is 0 Å². The molecule has 2 aliphatic rings. The van der Waals surface area contributed by atoms with Crippen molar-refractivity contribution in [1.29, 1.82) is 0 Å². The van der Waals surface area contributed by atoms with Crippen molar-refractivity contribution < 1.29 is 4.79 Å². The summed E-state index contributed by atoms with van der Waals surface area (Å²) in [5.41, 5.74) is 0.0839. The molecule has 1 amide bonds. The van der Waals surface area contributed by atoms with Crippen LogP contribution in [-0.4, -0.2) is 37.6 Å². The standard InChI is InChI=1S/C7H13N3O/c11-6-3-7(4-8-5-7)10-2-1-9-6/h8,10H,1-5H2,(H,9,11). The van der Waals surface area contributed by atoms with Crippen molar-refractivity contribution in [3.63, 3.8) is 0 Å². The van der Waals surface area contributed by atoms with Gasteiger partial charge in [-0.15, -0.1) is 0 Å². The Bertz CT molecular complexity index is 177. The zero-order valence-electron chi connectivity index (χ0n) is 6.44. The SMILES string of the molecule is O=C1CC2(CNC2)NCCN1. The zero-order chi connectivity index (χ0) is 7.73. The maximum Gasteiger partial charge on any atom is 0.222 e. The Morgan fingerprint density at radius 3 is 2.73 bits per heavy atom. The summed E-state index contributed by atoms with van der Waals surface area (Å²) >= 11 is 0. The molecule has 0 unspecified atom stereocenters. The van der Waals surface area contributed by atoms with E-state index in [2.05, 4.69) is 16.0 Å². The molecule has 0 aromatic rings. The van der Waals surface area contributed by atoms with E-state index in [4.69, 9.17) is 0 Å². The Kier molecular flexibility index (Phi) is 1.58. The lowest BCUT2D eigenvalue weighted by Crippen LogP contribution is -2.68. The van der Waals surface area contributed by atoms with E-state index in [1.54, 1.807) is 0 Å². The van der Waals surface area contributed by atoms with Crippen LogP contribution in [0.15, 0.2) is 0 Å². The minimum absolute atomic E-state index is 0.0839. The average Bonchev–Trinajstić information content (AvgIpc) is 2.09. The largest absolute Gasteiger partial charge is 0.355 e. The Hall–Kier alpha value is -0.610. The second-order valence-electron chi connectivity index (χ2n) is 3.34. The van der Waals surface area contributed by atoms with E-state index in [9.17, 15) is 4.79 Å². The van der Waals surface area contributed by atoms with Crippen LogP contribution in [0.5, 0.6) is 0 Å². The molecule has 11 heavy (non-hydrogen) atoms. The van der Waals surface area contributed by atoms with Gasteiger partial charge < -0.3 is 16.0 Å². The van der Waals surface area contributed by atoms with Gasteiger partial charge in [-0.2, -0.15) is 0 Å². The Morgan fingerprint density at radius 1 is 1.27 bits per heavy atom. The van der Waals surface area contributed by atoms with Crippen molar-refractivity contribution >= 4 is 5.91 Å². The molecule has 0 atom stereocenters. The van der Waals surface area contributed by atoms with E-state index in [0.29, 0.717) is 6.42 Å². The normalized spacial score (nSPS) is 28.9. The second-order valence-corrected chi connectivity index (χ2v) is 3.34. The molecule has 0 aromatic heterocycles. The van der Waals surface area contributed by atoms with Crippen LogP contribution < -0.4 is 16.0 Å². The van der Waals surface area contributed by atoms with Gasteiger partial charge in [-0.05, 0) is 0 Å². The molecule has 62 valence electrons. The van der Waals surface area contributed by atoms with Gasteiger partial charge in [0.05, 0.1) is 5.54 Å². The van der Waals surface area contributed by atoms with E-state index >= 15 is 0 Å². The maximum atomic E-state index is 11.1. The van der Waals surface area contributed by atoms with Crippen molar-refractivity contribution in [3.05, 3.63) is 0 Å². The van der Waals surface area contributed by atoms with Crippen LogP contribution in [0, 0.1) is 0 Å². The first-order chi connectivity index (χ1) is 5.31. The van der Waals surface area contributed by atoms with Gasteiger partial charge in [-0.25, -0.2) is 0 Å². The summed E-state index contributed by atoms with van der Waals surface area (Å²) in [5.74, 6) is 0.177. The third kappa shape index (κ3) is 1.23. The second kappa shape index (κ2) is 2.46. The van der Waals surface area contributed by atoms with Crippen LogP contribution in [0.4, 0.5) is 0 Å². The molecule has 0 saturated carbocycles. The molecule has 0 radical (unpaired) electrons. The first kappa shape index (κ1) is 7.06. The molecule has 2 aliphatic heterocycles. The molecule has 3 N–H and O–H groups in total. The Morgan fingerprint density at radius 2 is 2.09 bits per heavy atom. The molecule has 2 heterocycles. The Balaban J connectivity index is 2.03. The summed E-state index contributed by atoms with van der Waals surface area (Å²) in [6.07, 6.45) is 0.625. The van der Waals surface area contributed by atoms with Crippen LogP contribution in [-0.2, 0) is 4.79 Å². The van der Waals surface area contributed by atoms with Crippen LogP contribution in [0.2, 0.25) is 0 Å². The van der Waals surface area contributed by atoms with Crippen molar-refractivity contribution in [2.75, 3.05) is 26.2 Å². The van der Waals surface area contributed by atoms with Crippen molar-refractivity contribution in [1.82, 2.24) is 16.0 Å². The number of rotatable bonds is 0. The van der Waals surface area contributed by atoms with E-state index in [1.807, 2.05) is 0 Å². The third-order valence-corrected chi connectivity index (χ3v) is 2.37. The van der Waals surface area contributed by atoms with Crippen LogP contribution >= 0.6 is 0 Å². The predicted octanol–water partition coefficient (Wildman–Crippen LogP) is -1.56. The molecule has 2 rings (SSSR count). The summed E-state index contributed by atoms with van der Waals surface area (Å²) in [6, 6.07) is 0. The number of hydrogen-bond acceptors (Lipinski definition) is 3. The third-order valence-electron chi connectivity index (χ3n) is 2.37. The van der Waals surface area contributed by atoms with Crippen LogP contribution in [0.25, 0.3) is 0 Å². The molecule has 1 spiro atoms. The van der Waals surface area contributed by atoms with E-state index < -0.39 is 0 Å². The van der Waals surface area contributed by atoms with Crippen LogP contribution in [0.3, 0.4) is 0 Å². The minimum Gasteiger partial charge on any atom is -0.355 e. The fourth-order valence-electron chi connectivity index (χ4n) is 1.64. The molecule has 4 heteroatoms. The molecule has 2 fully saturated rings. The highest BCUT2D eigenvalue weighted by molar-refractivity contribution is 5.77. The molecular formula is C7H13N3O. The van der Waals surface area contributed by atoms with Gasteiger partial charge in [-0.1, -0.05) is 0 Å². The fraction of sp³-hybridized carbons (Fsp3) is 0.857. The predicted molar refractivity (Wildman–Crippen MR) is 41.2 cm³/mol. The summed E-state index contributed by atoms with van der Waals surface area (Å²) in [7, 11) is 0.